The van der Waals surface area contributed by atoms with Crippen LogP contribution < -0.4 is 4.72 Å². The lowest BCUT2D eigenvalue weighted by Crippen LogP contribution is -2.29. The van der Waals surface area contributed by atoms with Crippen LogP contribution in [0.4, 0.5) is 5.69 Å². The van der Waals surface area contributed by atoms with Gasteiger partial charge in [-0.3, -0.25) is 4.72 Å². The number of sulfonamides is 2. The second-order valence-electron chi connectivity index (χ2n) is 5.53. The zero-order valence-corrected chi connectivity index (χ0v) is 14.6. The summed E-state index contributed by atoms with van der Waals surface area (Å²) in [6.07, 6.45) is 1.58. The van der Waals surface area contributed by atoms with E-state index >= 15 is 0 Å². The second-order valence-corrected chi connectivity index (χ2v) is 9.09. The maximum absolute atomic E-state index is 12.8. The standard InChI is InChI=1S/C16H18N2O4S2/c19-23(20,17-14-8-2-1-3-9-14)15-10-4-5-11-16(15)24(21,22)18-12-6-7-13-18/h1-5,8-11,17H,6-7,12-13H2. The molecule has 24 heavy (non-hydrogen) atoms. The Morgan fingerprint density at radius 3 is 1.92 bits per heavy atom. The quantitative estimate of drug-likeness (QED) is 0.880. The van der Waals surface area contributed by atoms with Crippen LogP contribution in [0.2, 0.25) is 0 Å². The van der Waals surface area contributed by atoms with Crippen molar-refractivity contribution in [1.82, 2.24) is 4.31 Å². The molecule has 128 valence electrons. The maximum atomic E-state index is 12.8. The Labute approximate surface area is 142 Å². The summed E-state index contributed by atoms with van der Waals surface area (Å²) in [5.41, 5.74) is 0.380. The molecule has 1 heterocycles. The van der Waals surface area contributed by atoms with E-state index in [0.717, 1.165) is 12.8 Å². The highest BCUT2D eigenvalue weighted by atomic mass is 32.2. The van der Waals surface area contributed by atoms with Gasteiger partial charge < -0.3 is 0 Å². The molecule has 6 nitrogen and oxygen atoms in total. The summed E-state index contributed by atoms with van der Waals surface area (Å²) in [5.74, 6) is 0. The summed E-state index contributed by atoms with van der Waals surface area (Å²) in [4.78, 5) is -0.420. The summed E-state index contributed by atoms with van der Waals surface area (Å²) in [6.45, 7) is 0.839. The van der Waals surface area contributed by atoms with E-state index in [4.69, 9.17) is 0 Å². The van der Waals surface area contributed by atoms with Gasteiger partial charge in [-0.2, -0.15) is 4.31 Å². The molecule has 3 rings (SSSR count). The van der Waals surface area contributed by atoms with Crippen LogP contribution in [0, 0.1) is 0 Å². The van der Waals surface area contributed by atoms with Crippen LogP contribution in [0.3, 0.4) is 0 Å². The fourth-order valence-electron chi connectivity index (χ4n) is 2.67. The molecular weight excluding hydrogens is 348 g/mol. The Morgan fingerprint density at radius 2 is 1.29 bits per heavy atom. The van der Waals surface area contributed by atoms with E-state index < -0.39 is 20.0 Å². The average molecular weight is 366 g/mol. The first kappa shape index (κ1) is 16.9. The van der Waals surface area contributed by atoms with Gasteiger partial charge >= 0.3 is 0 Å². The minimum absolute atomic E-state index is 0.185. The van der Waals surface area contributed by atoms with Crippen molar-refractivity contribution >= 4 is 25.7 Å². The highest BCUT2D eigenvalue weighted by Crippen LogP contribution is 2.27. The maximum Gasteiger partial charge on any atom is 0.263 e. The molecule has 0 unspecified atom stereocenters. The van der Waals surface area contributed by atoms with E-state index in [1.807, 2.05) is 0 Å². The van der Waals surface area contributed by atoms with Crippen molar-refractivity contribution in [3.63, 3.8) is 0 Å². The monoisotopic (exact) mass is 366 g/mol. The first-order chi connectivity index (χ1) is 11.4. The van der Waals surface area contributed by atoms with Crippen LogP contribution in [-0.2, 0) is 20.0 Å². The predicted molar refractivity (Wildman–Crippen MR) is 91.7 cm³/mol. The Hall–Kier alpha value is -1.90. The third-order valence-electron chi connectivity index (χ3n) is 3.85. The zero-order valence-electron chi connectivity index (χ0n) is 12.9. The van der Waals surface area contributed by atoms with Crippen molar-refractivity contribution in [3.05, 3.63) is 54.6 Å². The molecule has 0 aromatic heterocycles. The molecule has 0 spiro atoms. The van der Waals surface area contributed by atoms with Gasteiger partial charge in [0.05, 0.1) is 0 Å². The molecule has 1 N–H and O–H groups in total. The summed E-state index contributed by atoms with van der Waals surface area (Å²) in [6, 6.07) is 14.1. The number of anilines is 1. The van der Waals surface area contributed by atoms with E-state index in [-0.39, 0.29) is 9.79 Å². The predicted octanol–water partition coefficient (Wildman–Crippen LogP) is 2.27. The van der Waals surface area contributed by atoms with Gasteiger partial charge in [-0.15, -0.1) is 0 Å². The molecule has 0 amide bonds. The van der Waals surface area contributed by atoms with E-state index in [1.54, 1.807) is 30.3 Å². The molecule has 0 atom stereocenters. The highest BCUT2D eigenvalue weighted by molar-refractivity contribution is 7.94. The Morgan fingerprint density at radius 1 is 0.750 bits per heavy atom. The van der Waals surface area contributed by atoms with E-state index in [1.165, 1.54) is 28.6 Å². The van der Waals surface area contributed by atoms with Gasteiger partial charge in [0.2, 0.25) is 10.0 Å². The minimum atomic E-state index is -4.01. The first-order valence-electron chi connectivity index (χ1n) is 7.58. The molecule has 2 aromatic rings. The lowest BCUT2D eigenvalue weighted by molar-refractivity contribution is 0.475. The zero-order chi connectivity index (χ0) is 17.2. The molecule has 2 aromatic carbocycles. The largest absolute Gasteiger partial charge is 0.280 e. The SMILES string of the molecule is O=S(=O)(Nc1ccccc1)c1ccccc1S(=O)(=O)N1CCCC1. The minimum Gasteiger partial charge on any atom is -0.280 e. The van der Waals surface area contributed by atoms with Gasteiger partial charge in [0, 0.05) is 18.8 Å². The van der Waals surface area contributed by atoms with Crippen LogP contribution in [-0.4, -0.2) is 34.2 Å². The molecular formula is C16H18N2O4S2. The number of rotatable bonds is 5. The molecule has 1 aliphatic heterocycles. The first-order valence-corrected chi connectivity index (χ1v) is 10.5. The van der Waals surface area contributed by atoms with Crippen LogP contribution in [0.1, 0.15) is 12.8 Å². The van der Waals surface area contributed by atoms with Crippen LogP contribution in [0.5, 0.6) is 0 Å². The topological polar surface area (TPSA) is 83.5 Å². The third kappa shape index (κ3) is 3.31. The molecule has 0 aliphatic carbocycles. The van der Waals surface area contributed by atoms with Gasteiger partial charge in [-0.05, 0) is 37.1 Å². The lowest BCUT2D eigenvalue weighted by atomic mass is 10.3. The molecule has 8 heteroatoms. The second kappa shape index (κ2) is 6.54. The molecule has 1 saturated heterocycles. The van der Waals surface area contributed by atoms with E-state index in [0.29, 0.717) is 18.8 Å². The smallest absolute Gasteiger partial charge is 0.263 e. The van der Waals surface area contributed by atoms with Crippen molar-refractivity contribution in [3.8, 4) is 0 Å². The van der Waals surface area contributed by atoms with Crippen LogP contribution in [0.25, 0.3) is 0 Å². The summed E-state index contributed by atoms with van der Waals surface area (Å²) < 4.78 is 54.7. The van der Waals surface area contributed by atoms with Crippen molar-refractivity contribution in [1.29, 1.82) is 0 Å². The van der Waals surface area contributed by atoms with Gasteiger partial charge in [0.15, 0.2) is 0 Å². The number of hydrogen-bond acceptors (Lipinski definition) is 4. The third-order valence-corrected chi connectivity index (χ3v) is 7.37. The van der Waals surface area contributed by atoms with Crippen molar-refractivity contribution in [2.24, 2.45) is 0 Å². The van der Waals surface area contributed by atoms with Crippen molar-refractivity contribution in [2.75, 3.05) is 17.8 Å². The summed E-state index contributed by atoms with van der Waals surface area (Å²) in [7, 11) is -7.84. The normalized spacial score (nSPS) is 16.2. The van der Waals surface area contributed by atoms with Crippen LogP contribution >= 0.6 is 0 Å². The number of nitrogens with one attached hydrogen (secondary N) is 1. The number of nitrogens with zero attached hydrogens (tertiary/aromatic N) is 1. The van der Waals surface area contributed by atoms with E-state index in [9.17, 15) is 16.8 Å². The number of benzene rings is 2. The summed E-state index contributed by atoms with van der Waals surface area (Å²) in [5, 5.41) is 0. The van der Waals surface area contributed by atoms with Crippen molar-refractivity contribution < 1.29 is 16.8 Å². The van der Waals surface area contributed by atoms with Crippen LogP contribution in [0.15, 0.2) is 64.4 Å². The lowest BCUT2D eigenvalue weighted by Gasteiger charge is -2.18. The Bertz CT molecular complexity index is 920. The molecule has 0 saturated carbocycles. The summed E-state index contributed by atoms with van der Waals surface area (Å²) >= 11 is 0. The van der Waals surface area contributed by atoms with Gasteiger partial charge in [-0.1, -0.05) is 30.3 Å². The number of hydrogen-bond donors (Lipinski definition) is 1. The fourth-order valence-corrected chi connectivity index (χ4v) is 6.05. The molecule has 0 radical (unpaired) electrons. The molecule has 1 fully saturated rings. The molecule has 1 aliphatic rings. The Balaban J connectivity index is 2.03. The average Bonchev–Trinajstić information content (AvgIpc) is 3.11. The van der Waals surface area contributed by atoms with Crippen molar-refractivity contribution in [2.45, 2.75) is 22.6 Å². The Kier molecular flexibility index (Phi) is 4.62. The van der Waals surface area contributed by atoms with Gasteiger partial charge in [0.25, 0.3) is 10.0 Å². The number of para-hydroxylation sites is 1. The fraction of sp³-hybridized carbons (Fsp3) is 0.250. The van der Waals surface area contributed by atoms with E-state index in [2.05, 4.69) is 4.72 Å². The van der Waals surface area contributed by atoms with Gasteiger partial charge in [-0.25, -0.2) is 16.8 Å². The van der Waals surface area contributed by atoms with Gasteiger partial charge in [0.1, 0.15) is 9.79 Å². The molecule has 0 bridgehead atoms. The highest BCUT2D eigenvalue weighted by Gasteiger charge is 2.32.